The molecule has 19 heavy (non-hydrogen) atoms. The number of nitrogens with one attached hydrogen (secondary N) is 2. The number of halogens is 2. The average molecular weight is 296 g/mol. The molecule has 0 radical (unpaired) electrons. The number of aromatic nitrogens is 2. The maximum absolute atomic E-state index is 12.0. The summed E-state index contributed by atoms with van der Waals surface area (Å²) in [6, 6.07) is 6.62. The molecule has 6 heteroatoms. The Morgan fingerprint density at radius 1 is 1.32 bits per heavy atom. The van der Waals surface area contributed by atoms with Crippen molar-refractivity contribution in [2.45, 2.75) is 18.8 Å². The van der Waals surface area contributed by atoms with Crippen LogP contribution in [0, 0.1) is 0 Å². The first kappa shape index (κ1) is 12.5. The molecule has 0 aliphatic heterocycles. The molecular formula is C13H11Cl2N3O. The lowest BCUT2D eigenvalue weighted by Gasteiger charge is -2.04. The number of aromatic amines is 1. The van der Waals surface area contributed by atoms with Crippen LogP contribution >= 0.6 is 23.2 Å². The standard InChI is InChI=1S/C13H11Cl2N3O/c14-8-3-4-9(10(15)5-8)13(19)16-12-6-11(17-18-12)7-1-2-7/h3-7H,1-2H2,(H2,16,17,18,19). The smallest absolute Gasteiger partial charge is 0.258 e. The molecule has 4 nitrogen and oxygen atoms in total. The van der Waals surface area contributed by atoms with E-state index in [2.05, 4.69) is 15.5 Å². The van der Waals surface area contributed by atoms with E-state index in [-0.39, 0.29) is 5.91 Å². The minimum atomic E-state index is -0.296. The van der Waals surface area contributed by atoms with Crippen molar-refractivity contribution >= 4 is 34.9 Å². The Labute approximate surface area is 120 Å². The van der Waals surface area contributed by atoms with Crippen LogP contribution in [0.5, 0.6) is 0 Å². The molecule has 3 rings (SSSR count). The number of carbonyl (C=O) groups is 1. The highest BCUT2D eigenvalue weighted by molar-refractivity contribution is 6.37. The Morgan fingerprint density at radius 2 is 2.11 bits per heavy atom. The molecule has 0 atom stereocenters. The van der Waals surface area contributed by atoms with Crippen molar-refractivity contribution in [1.82, 2.24) is 10.2 Å². The van der Waals surface area contributed by atoms with Crippen molar-refractivity contribution in [3.8, 4) is 0 Å². The molecule has 1 aromatic carbocycles. The number of nitrogens with zero attached hydrogens (tertiary/aromatic N) is 1. The van der Waals surface area contributed by atoms with E-state index in [1.165, 1.54) is 18.9 Å². The predicted molar refractivity (Wildman–Crippen MR) is 75.0 cm³/mol. The quantitative estimate of drug-likeness (QED) is 0.904. The van der Waals surface area contributed by atoms with Crippen molar-refractivity contribution in [2.75, 3.05) is 5.32 Å². The van der Waals surface area contributed by atoms with Gasteiger partial charge in [-0.15, -0.1) is 0 Å². The van der Waals surface area contributed by atoms with Crippen molar-refractivity contribution in [2.24, 2.45) is 0 Å². The number of anilines is 1. The first-order valence-corrected chi connectivity index (χ1v) is 6.71. The van der Waals surface area contributed by atoms with E-state index in [1.54, 1.807) is 12.1 Å². The monoisotopic (exact) mass is 295 g/mol. The molecule has 0 saturated heterocycles. The van der Waals surface area contributed by atoms with Gasteiger partial charge in [0.2, 0.25) is 0 Å². The fraction of sp³-hybridized carbons (Fsp3) is 0.231. The van der Waals surface area contributed by atoms with Crippen molar-refractivity contribution < 1.29 is 4.79 Å². The molecule has 0 spiro atoms. The molecule has 1 aliphatic rings. The van der Waals surface area contributed by atoms with Gasteiger partial charge >= 0.3 is 0 Å². The zero-order valence-corrected chi connectivity index (χ0v) is 11.4. The second-order valence-electron chi connectivity index (χ2n) is 4.56. The molecule has 1 heterocycles. The second kappa shape index (κ2) is 4.87. The summed E-state index contributed by atoms with van der Waals surface area (Å²) in [6.45, 7) is 0. The summed E-state index contributed by atoms with van der Waals surface area (Å²) in [6.07, 6.45) is 2.36. The lowest BCUT2D eigenvalue weighted by Crippen LogP contribution is -2.12. The summed E-state index contributed by atoms with van der Waals surface area (Å²) in [4.78, 5) is 12.0. The number of benzene rings is 1. The summed E-state index contributed by atoms with van der Waals surface area (Å²) in [7, 11) is 0. The predicted octanol–water partition coefficient (Wildman–Crippen LogP) is 3.85. The fourth-order valence-corrected chi connectivity index (χ4v) is 2.36. The van der Waals surface area contributed by atoms with E-state index in [1.807, 2.05) is 6.07 Å². The topological polar surface area (TPSA) is 57.8 Å². The van der Waals surface area contributed by atoms with E-state index in [9.17, 15) is 4.79 Å². The highest BCUT2D eigenvalue weighted by Gasteiger charge is 2.25. The van der Waals surface area contributed by atoms with Crippen LogP contribution < -0.4 is 5.32 Å². The SMILES string of the molecule is O=C(Nc1cc(C2CC2)[nH]n1)c1ccc(Cl)cc1Cl. The lowest BCUT2D eigenvalue weighted by molar-refractivity contribution is 0.102. The third-order valence-electron chi connectivity index (χ3n) is 3.03. The van der Waals surface area contributed by atoms with Gasteiger partial charge in [0.1, 0.15) is 0 Å². The van der Waals surface area contributed by atoms with E-state index in [0.717, 1.165) is 5.69 Å². The number of hydrogen-bond donors (Lipinski definition) is 2. The minimum Gasteiger partial charge on any atom is -0.305 e. The van der Waals surface area contributed by atoms with E-state index >= 15 is 0 Å². The van der Waals surface area contributed by atoms with Crippen molar-refractivity contribution in [1.29, 1.82) is 0 Å². The van der Waals surface area contributed by atoms with Gasteiger partial charge in [0.15, 0.2) is 5.82 Å². The third kappa shape index (κ3) is 2.74. The van der Waals surface area contributed by atoms with Gasteiger partial charge in [0.25, 0.3) is 5.91 Å². The van der Waals surface area contributed by atoms with Crippen LogP contribution in [0.25, 0.3) is 0 Å². The first-order valence-electron chi connectivity index (χ1n) is 5.95. The third-order valence-corrected chi connectivity index (χ3v) is 3.58. The highest BCUT2D eigenvalue weighted by atomic mass is 35.5. The number of hydrogen-bond acceptors (Lipinski definition) is 2. The number of rotatable bonds is 3. The summed E-state index contributed by atoms with van der Waals surface area (Å²) in [5.74, 6) is 0.783. The van der Waals surface area contributed by atoms with Crippen LogP contribution in [0.4, 0.5) is 5.82 Å². The molecule has 1 aliphatic carbocycles. The summed E-state index contributed by atoms with van der Waals surface area (Å²) in [5, 5.41) is 10.5. The van der Waals surface area contributed by atoms with Crippen molar-refractivity contribution in [3.63, 3.8) is 0 Å². The number of carbonyl (C=O) groups excluding carboxylic acids is 1. The van der Waals surface area contributed by atoms with Gasteiger partial charge in [-0.2, -0.15) is 5.10 Å². The summed E-state index contributed by atoms with van der Waals surface area (Å²) in [5.41, 5.74) is 1.44. The van der Waals surface area contributed by atoms with Crippen LogP contribution in [-0.2, 0) is 0 Å². The highest BCUT2D eigenvalue weighted by Crippen LogP contribution is 2.39. The van der Waals surface area contributed by atoms with Crippen molar-refractivity contribution in [3.05, 3.63) is 45.6 Å². The molecule has 0 bridgehead atoms. The Bertz CT molecular complexity index is 635. The Morgan fingerprint density at radius 3 is 2.79 bits per heavy atom. The Kier molecular flexibility index (Phi) is 3.21. The van der Waals surface area contributed by atoms with E-state index < -0.39 is 0 Å². The molecule has 2 aromatic rings. The number of H-pyrrole nitrogens is 1. The maximum Gasteiger partial charge on any atom is 0.258 e. The zero-order chi connectivity index (χ0) is 13.4. The van der Waals surface area contributed by atoms with Gasteiger partial charge in [0.05, 0.1) is 10.6 Å². The van der Waals surface area contributed by atoms with Gasteiger partial charge in [-0.1, -0.05) is 23.2 Å². The van der Waals surface area contributed by atoms with Crippen LogP contribution in [0.3, 0.4) is 0 Å². The van der Waals surface area contributed by atoms with Crippen LogP contribution in [-0.4, -0.2) is 16.1 Å². The molecule has 2 N–H and O–H groups in total. The maximum atomic E-state index is 12.0. The molecule has 0 unspecified atom stereocenters. The largest absolute Gasteiger partial charge is 0.305 e. The van der Waals surface area contributed by atoms with E-state index in [4.69, 9.17) is 23.2 Å². The molecule has 98 valence electrons. The van der Waals surface area contributed by atoms with Gasteiger partial charge in [-0.05, 0) is 31.0 Å². The fourth-order valence-electron chi connectivity index (χ4n) is 1.86. The van der Waals surface area contributed by atoms with Crippen LogP contribution in [0.15, 0.2) is 24.3 Å². The second-order valence-corrected chi connectivity index (χ2v) is 5.40. The normalized spacial score (nSPS) is 14.4. The number of amides is 1. The zero-order valence-electron chi connectivity index (χ0n) is 9.91. The average Bonchev–Trinajstić information content (AvgIpc) is 3.10. The summed E-state index contributed by atoms with van der Waals surface area (Å²) < 4.78 is 0. The summed E-state index contributed by atoms with van der Waals surface area (Å²) >= 11 is 11.8. The van der Waals surface area contributed by atoms with Crippen LogP contribution in [0.1, 0.15) is 34.8 Å². The molecular weight excluding hydrogens is 285 g/mol. The molecule has 1 aromatic heterocycles. The van der Waals surface area contributed by atoms with Gasteiger partial charge in [-0.25, -0.2) is 0 Å². The van der Waals surface area contributed by atoms with Gasteiger partial charge in [-0.3, -0.25) is 9.89 Å². The van der Waals surface area contributed by atoms with Gasteiger partial charge < -0.3 is 5.32 Å². The Balaban J connectivity index is 1.76. The molecule has 1 amide bonds. The molecule has 1 saturated carbocycles. The van der Waals surface area contributed by atoms with Crippen LogP contribution in [0.2, 0.25) is 10.0 Å². The van der Waals surface area contributed by atoms with E-state index in [0.29, 0.717) is 27.3 Å². The van der Waals surface area contributed by atoms with Gasteiger partial charge in [0, 0.05) is 22.7 Å². The Hall–Kier alpha value is -1.52. The lowest BCUT2D eigenvalue weighted by atomic mass is 10.2. The minimum absolute atomic E-state index is 0.296. The molecule has 1 fully saturated rings. The first-order chi connectivity index (χ1) is 9.13.